The Morgan fingerprint density at radius 3 is 2.76 bits per heavy atom. The van der Waals surface area contributed by atoms with Crippen LogP contribution in [-0.2, 0) is 13.0 Å². The van der Waals surface area contributed by atoms with Gasteiger partial charge < -0.3 is 15.4 Å². The zero-order chi connectivity index (χ0) is 15.2. The van der Waals surface area contributed by atoms with Crippen molar-refractivity contribution in [2.75, 3.05) is 19.1 Å². The van der Waals surface area contributed by atoms with Gasteiger partial charge in [0, 0.05) is 25.8 Å². The van der Waals surface area contributed by atoms with Crippen LogP contribution in [0.5, 0.6) is 5.75 Å². The Hall–Kier alpha value is -2.07. The van der Waals surface area contributed by atoms with Crippen LogP contribution in [0.2, 0.25) is 0 Å². The van der Waals surface area contributed by atoms with Crippen molar-refractivity contribution in [3.8, 4) is 5.75 Å². The molecule has 0 spiro atoms. The third kappa shape index (κ3) is 3.73. The smallest absolute Gasteiger partial charge is 0.128 e. The van der Waals surface area contributed by atoms with Crippen molar-refractivity contribution in [1.82, 2.24) is 4.98 Å². The number of likely N-dealkylation sites (N-methyl/N-ethyl adjacent to an activating group) is 1. The number of hydrogen-bond acceptors (Lipinski definition) is 4. The SMILES string of the molecule is COc1ccccc1CC(C)N(C)c1cc(CN)ccn1. The van der Waals surface area contributed by atoms with Gasteiger partial charge in [-0.25, -0.2) is 4.98 Å². The molecule has 1 heterocycles. The molecule has 0 saturated carbocycles. The number of nitrogens with two attached hydrogens (primary N) is 1. The van der Waals surface area contributed by atoms with E-state index < -0.39 is 0 Å². The second-order valence-corrected chi connectivity index (χ2v) is 5.20. The van der Waals surface area contributed by atoms with Crippen molar-refractivity contribution >= 4 is 5.82 Å². The van der Waals surface area contributed by atoms with E-state index in [4.69, 9.17) is 10.5 Å². The Morgan fingerprint density at radius 2 is 2.05 bits per heavy atom. The molecule has 0 aliphatic carbocycles. The molecule has 0 saturated heterocycles. The zero-order valence-electron chi connectivity index (χ0n) is 12.9. The summed E-state index contributed by atoms with van der Waals surface area (Å²) in [5, 5.41) is 0. The highest BCUT2D eigenvalue weighted by molar-refractivity contribution is 5.42. The molecule has 2 N–H and O–H groups in total. The highest BCUT2D eigenvalue weighted by atomic mass is 16.5. The van der Waals surface area contributed by atoms with E-state index in [1.165, 1.54) is 5.56 Å². The largest absolute Gasteiger partial charge is 0.496 e. The lowest BCUT2D eigenvalue weighted by Gasteiger charge is -2.27. The van der Waals surface area contributed by atoms with E-state index in [0.717, 1.165) is 23.6 Å². The lowest BCUT2D eigenvalue weighted by Crippen LogP contribution is -2.31. The van der Waals surface area contributed by atoms with Gasteiger partial charge in [0.2, 0.25) is 0 Å². The first kappa shape index (κ1) is 15.3. The lowest BCUT2D eigenvalue weighted by atomic mass is 10.0. The Kier molecular flexibility index (Phi) is 5.17. The third-order valence-corrected chi connectivity index (χ3v) is 3.78. The Morgan fingerprint density at radius 1 is 1.29 bits per heavy atom. The number of aromatic nitrogens is 1. The quantitative estimate of drug-likeness (QED) is 0.886. The molecule has 0 fully saturated rings. The molecule has 2 aromatic rings. The van der Waals surface area contributed by atoms with Gasteiger partial charge in [0.05, 0.1) is 7.11 Å². The first-order valence-electron chi connectivity index (χ1n) is 7.15. The normalized spacial score (nSPS) is 12.0. The molecule has 1 atom stereocenters. The van der Waals surface area contributed by atoms with E-state index >= 15 is 0 Å². The molecule has 0 amide bonds. The van der Waals surface area contributed by atoms with Gasteiger partial charge in [-0.15, -0.1) is 0 Å². The molecule has 1 aromatic heterocycles. The van der Waals surface area contributed by atoms with Crippen LogP contribution in [0.15, 0.2) is 42.6 Å². The highest BCUT2D eigenvalue weighted by Crippen LogP contribution is 2.22. The minimum atomic E-state index is 0.307. The van der Waals surface area contributed by atoms with Crippen molar-refractivity contribution in [3.63, 3.8) is 0 Å². The van der Waals surface area contributed by atoms with Crippen molar-refractivity contribution in [3.05, 3.63) is 53.7 Å². The Labute approximate surface area is 126 Å². The minimum absolute atomic E-state index is 0.307. The Bertz CT molecular complexity index is 586. The summed E-state index contributed by atoms with van der Waals surface area (Å²) in [4.78, 5) is 6.60. The van der Waals surface area contributed by atoms with Gasteiger partial charge in [-0.2, -0.15) is 0 Å². The average Bonchev–Trinajstić information content (AvgIpc) is 2.54. The number of benzene rings is 1. The predicted octanol–water partition coefficient (Wildman–Crippen LogP) is 2.62. The van der Waals surface area contributed by atoms with Crippen LogP contribution < -0.4 is 15.4 Å². The van der Waals surface area contributed by atoms with E-state index in [2.05, 4.69) is 29.9 Å². The molecular weight excluding hydrogens is 262 g/mol. The number of methoxy groups -OCH3 is 1. The fourth-order valence-corrected chi connectivity index (χ4v) is 2.33. The fourth-order valence-electron chi connectivity index (χ4n) is 2.33. The molecule has 0 aliphatic heterocycles. The average molecular weight is 285 g/mol. The second kappa shape index (κ2) is 7.09. The van der Waals surface area contributed by atoms with E-state index in [9.17, 15) is 0 Å². The van der Waals surface area contributed by atoms with Crippen molar-refractivity contribution in [2.24, 2.45) is 5.73 Å². The van der Waals surface area contributed by atoms with E-state index in [0.29, 0.717) is 12.6 Å². The molecule has 2 rings (SSSR count). The summed E-state index contributed by atoms with van der Waals surface area (Å²) < 4.78 is 5.42. The summed E-state index contributed by atoms with van der Waals surface area (Å²) >= 11 is 0. The summed E-state index contributed by atoms with van der Waals surface area (Å²) in [5.41, 5.74) is 7.99. The number of rotatable bonds is 6. The Balaban J connectivity index is 2.13. The first-order chi connectivity index (χ1) is 10.2. The molecule has 4 heteroatoms. The molecule has 112 valence electrons. The molecule has 0 radical (unpaired) electrons. The number of para-hydroxylation sites is 1. The molecule has 0 bridgehead atoms. The van der Waals surface area contributed by atoms with E-state index in [-0.39, 0.29) is 0 Å². The van der Waals surface area contributed by atoms with Crippen LogP contribution in [-0.4, -0.2) is 25.2 Å². The highest BCUT2D eigenvalue weighted by Gasteiger charge is 2.14. The maximum Gasteiger partial charge on any atom is 0.128 e. The number of ether oxygens (including phenoxy) is 1. The van der Waals surface area contributed by atoms with Gasteiger partial charge in [0.1, 0.15) is 11.6 Å². The molecule has 4 nitrogen and oxygen atoms in total. The van der Waals surface area contributed by atoms with E-state index in [1.807, 2.05) is 36.5 Å². The molecule has 1 aromatic carbocycles. The zero-order valence-corrected chi connectivity index (χ0v) is 12.9. The first-order valence-corrected chi connectivity index (χ1v) is 7.15. The van der Waals surface area contributed by atoms with Gasteiger partial charge in [-0.05, 0) is 42.7 Å². The summed E-state index contributed by atoms with van der Waals surface area (Å²) in [6.07, 6.45) is 2.71. The minimum Gasteiger partial charge on any atom is -0.496 e. The van der Waals surface area contributed by atoms with Crippen LogP contribution >= 0.6 is 0 Å². The predicted molar refractivity (Wildman–Crippen MR) is 86.7 cm³/mol. The van der Waals surface area contributed by atoms with Gasteiger partial charge in [0.15, 0.2) is 0 Å². The number of pyridine rings is 1. The fraction of sp³-hybridized carbons (Fsp3) is 0.353. The standard InChI is InChI=1S/C17H23N3O/c1-13(10-15-6-4-5-7-16(15)21-3)20(2)17-11-14(12-18)8-9-19-17/h4-9,11,13H,10,12,18H2,1-3H3. The number of anilines is 1. The van der Waals surface area contributed by atoms with Crippen molar-refractivity contribution in [2.45, 2.75) is 25.9 Å². The van der Waals surface area contributed by atoms with Gasteiger partial charge >= 0.3 is 0 Å². The third-order valence-electron chi connectivity index (χ3n) is 3.78. The number of hydrogen-bond donors (Lipinski definition) is 1. The molecule has 1 unspecified atom stereocenters. The van der Waals surface area contributed by atoms with Crippen LogP contribution in [0.1, 0.15) is 18.1 Å². The van der Waals surface area contributed by atoms with Crippen LogP contribution in [0.4, 0.5) is 5.82 Å². The maximum atomic E-state index is 5.69. The van der Waals surface area contributed by atoms with Gasteiger partial charge in [-0.1, -0.05) is 18.2 Å². The van der Waals surface area contributed by atoms with Crippen LogP contribution in [0, 0.1) is 0 Å². The van der Waals surface area contributed by atoms with Gasteiger partial charge in [0.25, 0.3) is 0 Å². The summed E-state index contributed by atoms with van der Waals surface area (Å²) in [7, 11) is 3.77. The topological polar surface area (TPSA) is 51.4 Å². The maximum absolute atomic E-state index is 5.69. The van der Waals surface area contributed by atoms with Crippen LogP contribution in [0.3, 0.4) is 0 Å². The monoisotopic (exact) mass is 285 g/mol. The molecule has 0 aliphatic rings. The van der Waals surface area contributed by atoms with Crippen molar-refractivity contribution in [1.29, 1.82) is 0 Å². The van der Waals surface area contributed by atoms with E-state index in [1.54, 1.807) is 7.11 Å². The molecule has 21 heavy (non-hydrogen) atoms. The summed E-state index contributed by atoms with van der Waals surface area (Å²) in [6.45, 7) is 2.72. The van der Waals surface area contributed by atoms with Crippen molar-refractivity contribution < 1.29 is 4.74 Å². The van der Waals surface area contributed by atoms with Gasteiger partial charge in [-0.3, -0.25) is 0 Å². The summed E-state index contributed by atoms with van der Waals surface area (Å²) in [6, 6.07) is 12.4. The van der Waals surface area contributed by atoms with Crippen LogP contribution in [0.25, 0.3) is 0 Å². The number of nitrogens with zero attached hydrogens (tertiary/aromatic N) is 2. The second-order valence-electron chi connectivity index (χ2n) is 5.20. The lowest BCUT2D eigenvalue weighted by molar-refractivity contribution is 0.408. The molecular formula is C17H23N3O. The summed E-state index contributed by atoms with van der Waals surface area (Å²) in [5.74, 6) is 1.88.